The molecular weight excluding hydrogens is 331 g/mol. The molecule has 2 unspecified atom stereocenters. The molecule has 1 aromatic heterocycles. The van der Waals surface area contributed by atoms with E-state index in [2.05, 4.69) is 10.3 Å². The van der Waals surface area contributed by atoms with Gasteiger partial charge in [-0.25, -0.2) is 9.78 Å². The lowest BCUT2D eigenvalue weighted by Gasteiger charge is -2.18. The van der Waals surface area contributed by atoms with Crippen molar-refractivity contribution in [1.82, 2.24) is 10.3 Å². The molecule has 0 aliphatic rings. The average molecular weight is 348 g/mol. The first-order valence-corrected chi connectivity index (χ1v) is 7.42. The number of carbonyl (C=O) groups excluding carboxylic acids is 2. The van der Waals surface area contributed by atoms with E-state index in [4.69, 9.17) is 4.74 Å². The molecule has 1 heterocycles. The van der Waals surface area contributed by atoms with Crippen LogP contribution < -0.4 is 5.32 Å². The molecule has 1 aromatic carbocycles. The maximum Gasteiger partial charge on any atom is 0.407 e. The number of pyridine rings is 1. The molecule has 25 heavy (non-hydrogen) atoms. The molecule has 0 spiro atoms. The van der Waals surface area contributed by atoms with E-state index in [0.717, 1.165) is 17.8 Å². The Morgan fingerprint density at radius 3 is 2.72 bits per heavy atom. The van der Waals surface area contributed by atoms with E-state index in [0.29, 0.717) is 0 Å². The summed E-state index contributed by atoms with van der Waals surface area (Å²) in [4.78, 5) is 25.6. The van der Waals surface area contributed by atoms with Crippen molar-refractivity contribution < 1.29 is 28.9 Å². The monoisotopic (exact) mass is 348 g/mol. The van der Waals surface area contributed by atoms with E-state index in [-0.39, 0.29) is 30.6 Å². The number of hydrogen-bond acceptors (Lipinski definition) is 6. The Balaban J connectivity index is 1.83. The summed E-state index contributed by atoms with van der Waals surface area (Å²) in [5.41, 5.74) is 0.520. The fourth-order valence-corrected chi connectivity index (χ4v) is 2.02. The molecule has 0 aliphatic carbocycles. The lowest BCUT2D eigenvalue weighted by molar-refractivity contribution is 0.0181. The molecule has 132 valence electrons. The molecule has 0 saturated heterocycles. The fraction of sp³-hybridized carbons (Fsp3) is 0.235. The van der Waals surface area contributed by atoms with Gasteiger partial charge in [-0.1, -0.05) is 30.3 Å². The first-order valence-electron chi connectivity index (χ1n) is 7.42. The van der Waals surface area contributed by atoms with Crippen LogP contribution in [0.15, 0.2) is 42.6 Å². The minimum atomic E-state index is -1.46. The van der Waals surface area contributed by atoms with Crippen LogP contribution in [-0.4, -0.2) is 40.2 Å². The summed E-state index contributed by atoms with van der Waals surface area (Å²) in [6, 6.07) is 10.1. The van der Waals surface area contributed by atoms with Gasteiger partial charge in [0, 0.05) is 18.3 Å². The van der Waals surface area contributed by atoms with Crippen LogP contribution in [0.4, 0.5) is 9.18 Å². The summed E-state index contributed by atoms with van der Waals surface area (Å²) < 4.78 is 18.1. The number of nitrogens with one attached hydrogen (secondary N) is 1. The second-order valence-electron chi connectivity index (χ2n) is 5.22. The Morgan fingerprint density at radius 1 is 1.32 bits per heavy atom. The third-order valence-corrected chi connectivity index (χ3v) is 3.39. The highest BCUT2D eigenvalue weighted by Gasteiger charge is 2.21. The molecule has 1 amide bonds. The number of carbonyl (C=O) groups is 2. The SMILES string of the molecule is O=Cc1cc(C(O)C(O)CNC(=O)OCc2ccccc2)cnc1F. The van der Waals surface area contributed by atoms with Crippen molar-refractivity contribution >= 4 is 12.4 Å². The predicted octanol–water partition coefficient (Wildman–Crippen LogP) is 1.35. The molecule has 0 fully saturated rings. The molecule has 2 atom stereocenters. The number of aliphatic hydroxyl groups is 2. The van der Waals surface area contributed by atoms with Crippen LogP contribution in [0.2, 0.25) is 0 Å². The summed E-state index contributed by atoms with van der Waals surface area (Å²) in [5.74, 6) is -0.969. The minimum absolute atomic E-state index is 0.0513. The normalized spacial score (nSPS) is 12.9. The Kier molecular flexibility index (Phi) is 6.55. The third-order valence-electron chi connectivity index (χ3n) is 3.39. The van der Waals surface area contributed by atoms with Gasteiger partial charge in [0.05, 0.1) is 5.56 Å². The van der Waals surface area contributed by atoms with Crippen molar-refractivity contribution in [3.63, 3.8) is 0 Å². The Hall–Kier alpha value is -2.84. The number of aldehydes is 1. The van der Waals surface area contributed by atoms with Crippen LogP contribution in [0.5, 0.6) is 0 Å². The lowest BCUT2D eigenvalue weighted by atomic mass is 10.0. The highest BCUT2D eigenvalue weighted by atomic mass is 19.1. The smallest absolute Gasteiger partial charge is 0.407 e. The number of hydrogen-bond donors (Lipinski definition) is 3. The Bertz CT molecular complexity index is 726. The van der Waals surface area contributed by atoms with Gasteiger partial charge in [-0.3, -0.25) is 4.79 Å². The van der Waals surface area contributed by atoms with Crippen molar-refractivity contribution in [3.05, 3.63) is 65.2 Å². The zero-order valence-corrected chi connectivity index (χ0v) is 13.1. The summed E-state index contributed by atoms with van der Waals surface area (Å²) in [6.45, 7) is -0.238. The van der Waals surface area contributed by atoms with Crippen LogP contribution in [0, 0.1) is 5.95 Å². The number of halogens is 1. The Labute approximate surface area is 143 Å². The molecule has 0 aliphatic heterocycles. The molecular formula is C17H17FN2O5. The van der Waals surface area contributed by atoms with Crippen LogP contribution >= 0.6 is 0 Å². The van der Waals surface area contributed by atoms with Gasteiger partial charge in [0.25, 0.3) is 0 Å². The molecule has 0 saturated carbocycles. The second-order valence-corrected chi connectivity index (χ2v) is 5.22. The number of alkyl carbamates (subject to hydrolysis) is 1. The van der Waals surface area contributed by atoms with Gasteiger partial charge in [0.2, 0.25) is 5.95 Å². The van der Waals surface area contributed by atoms with E-state index in [1.165, 1.54) is 0 Å². The number of rotatable bonds is 7. The fourth-order valence-electron chi connectivity index (χ4n) is 2.02. The van der Waals surface area contributed by atoms with Crippen molar-refractivity contribution in [2.24, 2.45) is 0 Å². The topological polar surface area (TPSA) is 109 Å². The molecule has 2 aromatic rings. The van der Waals surface area contributed by atoms with Gasteiger partial charge >= 0.3 is 6.09 Å². The van der Waals surface area contributed by atoms with Gasteiger partial charge in [-0.15, -0.1) is 0 Å². The second kappa shape index (κ2) is 8.86. The van der Waals surface area contributed by atoms with Crippen LogP contribution in [0.3, 0.4) is 0 Å². The molecule has 7 nitrogen and oxygen atoms in total. The van der Waals surface area contributed by atoms with E-state index in [9.17, 15) is 24.2 Å². The highest BCUT2D eigenvalue weighted by Crippen LogP contribution is 2.17. The van der Waals surface area contributed by atoms with Gasteiger partial charge in [0.15, 0.2) is 6.29 Å². The number of benzene rings is 1. The average Bonchev–Trinajstić information content (AvgIpc) is 2.65. The van der Waals surface area contributed by atoms with Crippen molar-refractivity contribution in [2.75, 3.05) is 6.54 Å². The summed E-state index contributed by atoms with van der Waals surface area (Å²) in [7, 11) is 0. The van der Waals surface area contributed by atoms with E-state index < -0.39 is 24.2 Å². The number of aromatic nitrogens is 1. The first kappa shape index (κ1) is 18.5. The van der Waals surface area contributed by atoms with Gasteiger partial charge in [-0.2, -0.15) is 4.39 Å². The molecule has 3 N–H and O–H groups in total. The number of nitrogens with zero attached hydrogens (tertiary/aromatic N) is 1. The Morgan fingerprint density at radius 2 is 2.04 bits per heavy atom. The van der Waals surface area contributed by atoms with Crippen LogP contribution in [-0.2, 0) is 11.3 Å². The molecule has 8 heteroatoms. The number of aliphatic hydroxyl groups excluding tert-OH is 2. The van der Waals surface area contributed by atoms with Gasteiger partial charge in [-0.05, 0) is 11.6 Å². The standard InChI is InChI=1S/C17H17FN2O5/c18-16-13(9-21)6-12(7-19-16)15(23)14(22)8-20-17(24)25-10-11-4-2-1-3-5-11/h1-7,9,14-15,22-23H,8,10H2,(H,20,24). The zero-order chi connectivity index (χ0) is 18.2. The van der Waals surface area contributed by atoms with Crippen molar-refractivity contribution in [1.29, 1.82) is 0 Å². The maximum absolute atomic E-state index is 13.2. The summed E-state index contributed by atoms with van der Waals surface area (Å²) >= 11 is 0. The van der Waals surface area contributed by atoms with E-state index in [1.54, 1.807) is 24.3 Å². The van der Waals surface area contributed by atoms with Crippen molar-refractivity contribution in [3.8, 4) is 0 Å². The minimum Gasteiger partial charge on any atom is -0.445 e. The highest BCUT2D eigenvalue weighted by molar-refractivity contribution is 5.74. The zero-order valence-electron chi connectivity index (χ0n) is 13.1. The maximum atomic E-state index is 13.2. The summed E-state index contributed by atoms with van der Waals surface area (Å²) in [5, 5.41) is 22.2. The molecule has 2 rings (SSSR count). The quantitative estimate of drug-likeness (QED) is 0.515. The third kappa shape index (κ3) is 5.33. The lowest BCUT2D eigenvalue weighted by Crippen LogP contribution is -2.35. The van der Waals surface area contributed by atoms with E-state index >= 15 is 0 Å². The van der Waals surface area contributed by atoms with Gasteiger partial charge in [0.1, 0.15) is 18.8 Å². The predicted molar refractivity (Wildman–Crippen MR) is 85.2 cm³/mol. The van der Waals surface area contributed by atoms with Crippen LogP contribution in [0.1, 0.15) is 27.6 Å². The number of ether oxygens (including phenoxy) is 1. The van der Waals surface area contributed by atoms with Crippen LogP contribution in [0.25, 0.3) is 0 Å². The van der Waals surface area contributed by atoms with E-state index in [1.807, 2.05) is 6.07 Å². The summed E-state index contributed by atoms with van der Waals surface area (Å²) in [6.07, 6.45) is -2.35. The first-order chi connectivity index (χ1) is 12.0. The number of amides is 1. The van der Waals surface area contributed by atoms with Gasteiger partial charge < -0.3 is 20.3 Å². The largest absolute Gasteiger partial charge is 0.445 e. The van der Waals surface area contributed by atoms with Crippen molar-refractivity contribution in [2.45, 2.75) is 18.8 Å². The molecule has 0 bridgehead atoms. The molecule has 0 radical (unpaired) electrons.